The van der Waals surface area contributed by atoms with E-state index in [1.54, 1.807) is 12.4 Å². The van der Waals surface area contributed by atoms with Crippen LogP contribution in [0.5, 0.6) is 11.5 Å². The lowest BCUT2D eigenvalue weighted by Gasteiger charge is -2.18. The van der Waals surface area contributed by atoms with Gasteiger partial charge in [0.05, 0.1) is 17.4 Å². The third-order valence-electron chi connectivity index (χ3n) is 3.67. The van der Waals surface area contributed by atoms with Crippen LogP contribution < -0.4 is 14.9 Å². The normalized spacial score (nSPS) is 13.4. The molecular weight excluding hydrogens is 326 g/mol. The van der Waals surface area contributed by atoms with E-state index < -0.39 is 0 Å². The van der Waals surface area contributed by atoms with E-state index in [-0.39, 0.29) is 0 Å². The molecule has 0 amide bonds. The Hall–Kier alpha value is -2.79. The van der Waals surface area contributed by atoms with Crippen LogP contribution >= 0.6 is 11.6 Å². The van der Waals surface area contributed by atoms with Crippen molar-refractivity contribution in [2.24, 2.45) is 5.10 Å². The van der Waals surface area contributed by atoms with Crippen molar-refractivity contribution in [2.75, 3.05) is 18.6 Å². The maximum Gasteiger partial charge on any atom is 0.162 e. The summed E-state index contributed by atoms with van der Waals surface area (Å²) in [5.41, 5.74) is 5.66. The molecule has 0 atom stereocenters. The van der Waals surface area contributed by atoms with Crippen LogP contribution in [-0.2, 0) is 0 Å². The van der Waals surface area contributed by atoms with Gasteiger partial charge in [-0.25, -0.2) is 0 Å². The SMILES string of the molecule is Clc1ccc2c(NN=Cc3ccc4c(c3)OCCO4)ccnc2c1. The highest BCUT2D eigenvalue weighted by Crippen LogP contribution is 2.30. The van der Waals surface area contributed by atoms with Crippen molar-refractivity contribution in [1.82, 2.24) is 4.98 Å². The van der Waals surface area contributed by atoms with Crippen LogP contribution in [0, 0.1) is 0 Å². The lowest BCUT2D eigenvalue weighted by Crippen LogP contribution is -2.15. The van der Waals surface area contributed by atoms with Crippen LogP contribution in [0.4, 0.5) is 5.69 Å². The number of benzene rings is 2. The molecule has 0 unspecified atom stereocenters. The summed E-state index contributed by atoms with van der Waals surface area (Å²) in [7, 11) is 0. The zero-order valence-electron chi connectivity index (χ0n) is 12.7. The van der Waals surface area contributed by atoms with E-state index in [1.165, 1.54) is 0 Å². The van der Waals surface area contributed by atoms with Gasteiger partial charge >= 0.3 is 0 Å². The number of ether oxygens (including phenoxy) is 2. The van der Waals surface area contributed by atoms with E-state index in [0.29, 0.717) is 18.2 Å². The van der Waals surface area contributed by atoms with Crippen molar-refractivity contribution < 1.29 is 9.47 Å². The molecule has 6 heteroatoms. The minimum Gasteiger partial charge on any atom is -0.486 e. The molecule has 1 aromatic heterocycles. The standard InChI is InChI=1S/C18H14ClN3O2/c19-13-2-3-14-15(5-6-20-16(14)10-13)22-21-11-12-1-4-17-18(9-12)24-8-7-23-17/h1-6,9-11H,7-8H2,(H,20,22). The van der Waals surface area contributed by atoms with Crippen molar-refractivity contribution >= 4 is 34.4 Å². The van der Waals surface area contributed by atoms with Crippen molar-refractivity contribution in [2.45, 2.75) is 0 Å². The molecule has 2 aromatic carbocycles. The van der Waals surface area contributed by atoms with E-state index in [2.05, 4.69) is 15.5 Å². The van der Waals surface area contributed by atoms with E-state index in [4.69, 9.17) is 21.1 Å². The minimum absolute atomic E-state index is 0.567. The van der Waals surface area contributed by atoms with Crippen LogP contribution in [0.3, 0.4) is 0 Å². The number of hydrazone groups is 1. The fraction of sp³-hybridized carbons (Fsp3) is 0.111. The van der Waals surface area contributed by atoms with Gasteiger partial charge in [0.2, 0.25) is 0 Å². The molecule has 0 bridgehead atoms. The van der Waals surface area contributed by atoms with Gasteiger partial charge in [-0.2, -0.15) is 5.10 Å². The van der Waals surface area contributed by atoms with Crippen LogP contribution in [0.25, 0.3) is 10.9 Å². The molecule has 1 aliphatic rings. The molecule has 1 N–H and O–H groups in total. The fourth-order valence-corrected chi connectivity index (χ4v) is 2.70. The van der Waals surface area contributed by atoms with Gasteiger partial charge in [-0.15, -0.1) is 0 Å². The molecule has 0 radical (unpaired) electrons. The Balaban J connectivity index is 1.55. The number of rotatable bonds is 3. The van der Waals surface area contributed by atoms with Crippen LogP contribution in [-0.4, -0.2) is 24.4 Å². The van der Waals surface area contributed by atoms with Gasteiger partial charge in [-0.3, -0.25) is 10.4 Å². The third kappa shape index (κ3) is 2.98. The maximum atomic E-state index is 6.00. The van der Waals surface area contributed by atoms with Crippen LogP contribution in [0.1, 0.15) is 5.56 Å². The summed E-state index contributed by atoms with van der Waals surface area (Å²) in [6.07, 6.45) is 3.46. The molecule has 0 saturated heterocycles. The van der Waals surface area contributed by atoms with Gasteiger partial charge in [0.25, 0.3) is 0 Å². The number of aromatic nitrogens is 1. The Bertz CT molecular complexity index is 927. The Labute approximate surface area is 143 Å². The van der Waals surface area contributed by atoms with Gasteiger partial charge < -0.3 is 9.47 Å². The molecule has 120 valence electrons. The Kier molecular flexibility index (Phi) is 3.92. The third-order valence-corrected chi connectivity index (χ3v) is 3.90. The van der Waals surface area contributed by atoms with Crippen molar-refractivity contribution in [3.63, 3.8) is 0 Å². The highest BCUT2D eigenvalue weighted by molar-refractivity contribution is 6.31. The molecule has 3 aromatic rings. The number of nitrogens with zero attached hydrogens (tertiary/aromatic N) is 2. The zero-order chi connectivity index (χ0) is 16.4. The predicted molar refractivity (Wildman–Crippen MR) is 95.4 cm³/mol. The number of pyridine rings is 1. The molecule has 0 spiro atoms. The molecule has 5 nitrogen and oxygen atoms in total. The fourth-order valence-electron chi connectivity index (χ4n) is 2.54. The number of hydrogen-bond donors (Lipinski definition) is 1. The largest absolute Gasteiger partial charge is 0.486 e. The van der Waals surface area contributed by atoms with Crippen molar-refractivity contribution in [3.05, 3.63) is 59.2 Å². The van der Waals surface area contributed by atoms with Gasteiger partial charge in [0, 0.05) is 16.6 Å². The summed E-state index contributed by atoms with van der Waals surface area (Å²) < 4.78 is 11.1. The van der Waals surface area contributed by atoms with Gasteiger partial charge in [0.15, 0.2) is 11.5 Å². The highest BCUT2D eigenvalue weighted by Gasteiger charge is 2.10. The maximum absolute atomic E-state index is 6.00. The predicted octanol–water partition coefficient (Wildman–Crippen LogP) is 4.11. The second-order valence-electron chi connectivity index (χ2n) is 5.29. The quantitative estimate of drug-likeness (QED) is 0.576. The number of nitrogens with one attached hydrogen (secondary N) is 1. The number of fused-ring (bicyclic) bond motifs is 2. The molecule has 2 heterocycles. The molecule has 0 aliphatic carbocycles. The second kappa shape index (κ2) is 6.37. The summed E-state index contributed by atoms with van der Waals surface area (Å²) in [5, 5.41) is 5.92. The van der Waals surface area contributed by atoms with E-state index >= 15 is 0 Å². The zero-order valence-corrected chi connectivity index (χ0v) is 13.5. The Morgan fingerprint density at radius 2 is 1.92 bits per heavy atom. The smallest absolute Gasteiger partial charge is 0.162 e. The lowest BCUT2D eigenvalue weighted by atomic mass is 10.2. The average molecular weight is 340 g/mol. The number of halogens is 1. The lowest BCUT2D eigenvalue weighted by molar-refractivity contribution is 0.171. The first-order chi connectivity index (χ1) is 11.8. The summed E-state index contributed by atoms with van der Waals surface area (Å²) >= 11 is 6.00. The molecule has 0 saturated carbocycles. The Morgan fingerprint density at radius 1 is 1.04 bits per heavy atom. The van der Waals surface area contributed by atoms with Crippen LogP contribution in [0.15, 0.2) is 53.8 Å². The first-order valence-corrected chi connectivity index (χ1v) is 7.90. The first kappa shape index (κ1) is 14.8. The van der Waals surface area contributed by atoms with Gasteiger partial charge in [-0.1, -0.05) is 11.6 Å². The van der Waals surface area contributed by atoms with E-state index in [9.17, 15) is 0 Å². The highest BCUT2D eigenvalue weighted by atomic mass is 35.5. The molecule has 4 rings (SSSR count). The second-order valence-corrected chi connectivity index (χ2v) is 5.73. The van der Waals surface area contributed by atoms with Crippen LogP contribution in [0.2, 0.25) is 5.02 Å². The topological polar surface area (TPSA) is 55.7 Å². The summed E-state index contributed by atoms with van der Waals surface area (Å²) in [6, 6.07) is 13.2. The Morgan fingerprint density at radius 3 is 2.83 bits per heavy atom. The van der Waals surface area contributed by atoms with E-state index in [1.807, 2.05) is 42.5 Å². The monoisotopic (exact) mass is 339 g/mol. The number of anilines is 1. The summed E-state index contributed by atoms with van der Waals surface area (Å²) in [4.78, 5) is 4.31. The van der Waals surface area contributed by atoms with E-state index in [0.717, 1.165) is 33.7 Å². The summed E-state index contributed by atoms with van der Waals surface area (Å²) in [5.74, 6) is 1.51. The molecule has 24 heavy (non-hydrogen) atoms. The van der Waals surface area contributed by atoms with Gasteiger partial charge in [-0.05, 0) is 48.0 Å². The van der Waals surface area contributed by atoms with Crippen molar-refractivity contribution in [3.8, 4) is 11.5 Å². The molecule has 1 aliphatic heterocycles. The van der Waals surface area contributed by atoms with Crippen molar-refractivity contribution in [1.29, 1.82) is 0 Å². The minimum atomic E-state index is 0.567. The molecule has 0 fully saturated rings. The van der Waals surface area contributed by atoms with Gasteiger partial charge in [0.1, 0.15) is 13.2 Å². The number of hydrogen-bond acceptors (Lipinski definition) is 5. The summed E-state index contributed by atoms with van der Waals surface area (Å²) in [6.45, 7) is 1.15. The first-order valence-electron chi connectivity index (χ1n) is 7.52. The average Bonchev–Trinajstić information content (AvgIpc) is 2.61. The molecular formula is C18H14ClN3O2.